The molecule has 0 aromatic heterocycles. The molecule has 1 aromatic rings. The number of hydrogen-bond acceptors (Lipinski definition) is 4. The number of hydrogen-bond donors (Lipinski definition) is 2. The van der Waals surface area contributed by atoms with E-state index in [-0.39, 0.29) is 30.7 Å². The maximum atomic E-state index is 13.8. The molecule has 1 aliphatic rings. The van der Waals surface area contributed by atoms with Gasteiger partial charge >= 0.3 is 0 Å². The van der Waals surface area contributed by atoms with Gasteiger partial charge in [0.15, 0.2) is 0 Å². The lowest BCUT2D eigenvalue weighted by Gasteiger charge is -2.16. The molecule has 0 atom stereocenters. The van der Waals surface area contributed by atoms with Gasteiger partial charge in [0, 0.05) is 37.4 Å². The smallest absolute Gasteiger partial charge is 0.251 e. The van der Waals surface area contributed by atoms with Crippen LogP contribution in [0, 0.1) is 5.82 Å². The zero-order valence-electron chi connectivity index (χ0n) is 16.1. The topological polar surface area (TPSA) is 59.6 Å². The molecule has 1 saturated carbocycles. The monoisotopic (exact) mass is 402 g/mol. The van der Waals surface area contributed by atoms with Crippen LogP contribution in [0.2, 0.25) is 0 Å². The molecule has 1 amide bonds. The van der Waals surface area contributed by atoms with Crippen molar-refractivity contribution < 1.29 is 18.7 Å². The summed E-state index contributed by atoms with van der Waals surface area (Å²) >= 11 is 0. The van der Waals surface area contributed by atoms with Crippen LogP contribution in [-0.4, -0.2) is 45.4 Å². The highest BCUT2D eigenvalue weighted by Crippen LogP contribution is 2.17. The Morgan fingerprint density at radius 2 is 1.89 bits per heavy atom. The fourth-order valence-corrected chi connectivity index (χ4v) is 3.19. The first-order chi connectivity index (χ1) is 12.7. The molecule has 1 aromatic carbocycles. The second kappa shape index (κ2) is 13.9. The van der Waals surface area contributed by atoms with Crippen LogP contribution in [0.25, 0.3) is 0 Å². The summed E-state index contributed by atoms with van der Waals surface area (Å²) in [5, 5.41) is 6.41. The van der Waals surface area contributed by atoms with E-state index in [0.717, 1.165) is 6.54 Å². The maximum absolute atomic E-state index is 13.8. The summed E-state index contributed by atoms with van der Waals surface area (Å²) < 4.78 is 24.1. The zero-order chi connectivity index (χ0) is 18.6. The molecule has 2 N–H and O–H groups in total. The number of ether oxygens (including phenoxy) is 2. The first-order valence-electron chi connectivity index (χ1n) is 9.57. The number of carbonyl (C=O) groups excluding carboxylic acids is 1. The molecule has 0 radical (unpaired) electrons. The second-order valence-corrected chi connectivity index (χ2v) is 6.75. The Morgan fingerprint density at radius 1 is 1.15 bits per heavy atom. The van der Waals surface area contributed by atoms with E-state index in [1.54, 1.807) is 13.2 Å². The van der Waals surface area contributed by atoms with Gasteiger partial charge in [0.2, 0.25) is 0 Å². The lowest BCUT2D eigenvalue weighted by molar-refractivity contribution is 0.0604. The van der Waals surface area contributed by atoms with E-state index in [1.807, 2.05) is 0 Å². The highest BCUT2D eigenvalue weighted by molar-refractivity contribution is 5.94. The molecule has 0 aliphatic heterocycles. The van der Waals surface area contributed by atoms with E-state index in [4.69, 9.17) is 9.47 Å². The third kappa shape index (κ3) is 9.02. The van der Waals surface area contributed by atoms with Gasteiger partial charge in [-0.1, -0.05) is 25.7 Å². The molecule has 154 valence electrons. The molecule has 27 heavy (non-hydrogen) atoms. The summed E-state index contributed by atoms with van der Waals surface area (Å²) in [5.74, 6) is -0.556. The van der Waals surface area contributed by atoms with Gasteiger partial charge in [0.1, 0.15) is 5.82 Å². The summed E-state index contributed by atoms with van der Waals surface area (Å²) in [6, 6.07) is 4.93. The number of nitrogens with one attached hydrogen (secondary N) is 2. The van der Waals surface area contributed by atoms with Crippen molar-refractivity contribution in [3.63, 3.8) is 0 Å². The lowest BCUT2D eigenvalue weighted by atomic mass is 10.1. The molecule has 0 bridgehead atoms. The van der Waals surface area contributed by atoms with Crippen LogP contribution in [0.15, 0.2) is 18.2 Å². The van der Waals surface area contributed by atoms with Crippen LogP contribution in [0.5, 0.6) is 0 Å². The first-order valence-corrected chi connectivity index (χ1v) is 9.57. The Kier molecular flexibility index (Phi) is 12.3. The van der Waals surface area contributed by atoms with Crippen LogP contribution < -0.4 is 10.6 Å². The number of carbonyl (C=O) groups is 1. The molecule has 7 heteroatoms. The summed E-state index contributed by atoms with van der Waals surface area (Å²) in [4.78, 5) is 12.3. The Bertz CT molecular complexity index is 552. The third-order valence-electron chi connectivity index (χ3n) is 4.70. The van der Waals surface area contributed by atoms with Gasteiger partial charge in [0.05, 0.1) is 19.8 Å². The second-order valence-electron chi connectivity index (χ2n) is 6.75. The number of halogens is 2. The van der Waals surface area contributed by atoms with E-state index in [2.05, 4.69) is 10.6 Å². The van der Waals surface area contributed by atoms with Crippen molar-refractivity contribution in [2.75, 3.05) is 33.4 Å². The standard InChI is InChI=1S/C20H31FN2O3.ClH/c1-25-12-13-26-15-17-14-16(8-9-19(17)21)20(24)23-11-10-22-18-6-4-2-3-5-7-18;/h8-9,14,18,22H,2-7,10-13,15H2,1H3,(H,23,24);1H. The van der Waals surface area contributed by atoms with Crippen LogP contribution in [-0.2, 0) is 16.1 Å². The molecule has 1 aliphatic carbocycles. The van der Waals surface area contributed by atoms with Gasteiger partial charge in [-0.3, -0.25) is 4.79 Å². The predicted molar refractivity (Wildman–Crippen MR) is 107 cm³/mol. The maximum Gasteiger partial charge on any atom is 0.251 e. The van der Waals surface area contributed by atoms with Crippen molar-refractivity contribution in [2.45, 2.75) is 51.2 Å². The van der Waals surface area contributed by atoms with Crippen molar-refractivity contribution in [1.82, 2.24) is 10.6 Å². The van der Waals surface area contributed by atoms with E-state index in [9.17, 15) is 9.18 Å². The van der Waals surface area contributed by atoms with Crippen LogP contribution >= 0.6 is 12.4 Å². The number of methoxy groups -OCH3 is 1. The van der Waals surface area contributed by atoms with Gasteiger partial charge in [-0.25, -0.2) is 4.39 Å². The molecule has 0 spiro atoms. The van der Waals surface area contributed by atoms with E-state index in [0.29, 0.717) is 36.9 Å². The van der Waals surface area contributed by atoms with Crippen molar-refractivity contribution in [1.29, 1.82) is 0 Å². The van der Waals surface area contributed by atoms with Crippen LogP contribution in [0.4, 0.5) is 4.39 Å². The van der Waals surface area contributed by atoms with Crippen LogP contribution in [0.3, 0.4) is 0 Å². The number of amides is 1. The minimum absolute atomic E-state index is 0. The van der Waals surface area contributed by atoms with Crippen molar-refractivity contribution in [2.24, 2.45) is 0 Å². The average Bonchev–Trinajstić information content (AvgIpc) is 2.92. The van der Waals surface area contributed by atoms with Crippen molar-refractivity contribution in [3.05, 3.63) is 35.1 Å². The summed E-state index contributed by atoms with van der Waals surface area (Å²) in [7, 11) is 1.58. The average molecular weight is 403 g/mol. The fraction of sp³-hybridized carbons (Fsp3) is 0.650. The zero-order valence-corrected chi connectivity index (χ0v) is 16.9. The summed E-state index contributed by atoms with van der Waals surface area (Å²) in [5.41, 5.74) is 0.830. The number of rotatable bonds is 10. The Morgan fingerprint density at radius 3 is 2.59 bits per heavy atom. The number of benzene rings is 1. The molecule has 0 unspecified atom stereocenters. The van der Waals surface area contributed by atoms with E-state index in [1.165, 1.54) is 50.7 Å². The molecular weight excluding hydrogens is 371 g/mol. The molecule has 1 fully saturated rings. The van der Waals surface area contributed by atoms with Gasteiger partial charge in [-0.2, -0.15) is 0 Å². The minimum Gasteiger partial charge on any atom is -0.382 e. The fourth-order valence-electron chi connectivity index (χ4n) is 3.19. The van der Waals surface area contributed by atoms with E-state index < -0.39 is 0 Å². The van der Waals surface area contributed by atoms with E-state index >= 15 is 0 Å². The Labute approximate surface area is 167 Å². The molecule has 5 nitrogen and oxygen atoms in total. The quantitative estimate of drug-likeness (QED) is 0.465. The summed E-state index contributed by atoms with van der Waals surface area (Å²) in [6.07, 6.45) is 7.67. The highest BCUT2D eigenvalue weighted by atomic mass is 35.5. The predicted octanol–water partition coefficient (Wildman–Crippen LogP) is 3.45. The first kappa shape index (κ1) is 23.8. The third-order valence-corrected chi connectivity index (χ3v) is 4.70. The Hall–Kier alpha value is -1.21. The van der Waals surface area contributed by atoms with Crippen molar-refractivity contribution in [3.8, 4) is 0 Å². The SMILES string of the molecule is COCCOCc1cc(C(=O)NCCNC2CCCCCC2)ccc1F.Cl. The Balaban J connectivity index is 0.00000364. The molecule has 0 saturated heterocycles. The van der Waals surface area contributed by atoms with Crippen LogP contribution in [0.1, 0.15) is 54.4 Å². The highest BCUT2D eigenvalue weighted by Gasteiger charge is 2.12. The largest absolute Gasteiger partial charge is 0.382 e. The molecule has 2 rings (SSSR count). The van der Waals surface area contributed by atoms with Gasteiger partial charge < -0.3 is 20.1 Å². The molecule has 0 heterocycles. The summed E-state index contributed by atoms with van der Waals surface area (Å²) in [6.45, 7) is 2.28. The van der Waals surface area contributed by atoms with Crippen molar-refractivity contribution >= 4 is 18.3 Å². The normalized spacial score (nSPS) is 15.0. The minimum atomic E-state index is -0.367. The van der Waals surface area contributed by atoms with Gasteiger partial charge in [-0.15, -0.1) is 12.4 Å². The lowest BCUT2D eigenvalue weighted by Crippen LogP contribution is -2.36. The van der Waals surface area contributed by atoms with Gasteiger partial charge in [0.25, 0.3) is 5.91 Å². The van der Waals surface area contributed by atoms with Gasteiger partial charge in [-0.05, 0) is 31.0 Å². The molecular formula is C20H32ClFN2O3.